The molecule has 0 radical (unpaired) electrons. The van der Waals surface area contributed by atoms with E-state index in [1.165, 1.54) is 35.1 Å². The topological polar surface area (TPSA) is 67.6 Å². The highest BCUT2D eigenvalue weighted by molar-refractivity contribution is 5.80. The molecule has 1 N–H and O–H groups in total. The first-order chi connectivity index (χ1) is 15.7. The molecule has 0 unspecified atom stereocenters. The third-order valence-electron chi connectivity index (χ3n) is 5.73. The quantitative estimate of drug-likeness (QED) is 0.302. The van der Waals surface area contributed by atoms with Crippen LogP contribution in [-0.4, -0.2) is 59.5 Å². The molecule has 1 heterocycles. The minimum absolute atomic E-state index is 0.705. The van der Waals surface area contributed by atoms with Gasteiger partial charge in [-0.25, -0.2) is 9.67 Å². The third-order valence-corrected chi connectivity index (χ3v) is 5.73. The van der Waals surface area contributed by atoms with Crippen molar-refractivity contribution >= 4 is 5.96 Å². The van der Waals surface area contributed by atoms with Gasteiger partial charge in [0.1, 0.15) is 12.7 Å². The zero-order valence-corrected chi connectivity index (χ0v) is 18.9. The molecule has 0 bridgehead atoms. The SMILES string of the molecule is CN=C(NCc1ccccc1-c1ccc(Cn2cncn2)cc1)N(C)CCOCC1CC1. The van der Waals surface area contributed by atoms with Crippen LogP contribution in [0.3, 0.4) is 0 Å². The molecule has 2 aromatic carbocycles. The molecule has 0 aliphatic heterocycles. The Morgan fingerprint density at radius 1 is 1.19 bits per heavy atom. The Hall–Kier alpha value is -3.19. The smallest absolute Gasteiger partial charge is 0.193 e. The Bertz CT molecular complexity index is 996. The van der Waals surface area contributed by atoms with E-state index in [1.807, 2.05) is 11.7 Å². The van der Waals surface area contributed by atoms with Crippen LogP contribution in [0, 0.1) is 5.92 Å². The van der Waals surface area contributed by atoms with Crippen molar-refractivity contribution in [3.05, 3.63) is 72.3 Å². The molecular weight excluding hydrogens is 400 g/mol. The number of aliphatic imine (C=N–C) groups is 1. The van der Waals surface area contributed by atoms with Crippen molar-refractivity contribution in [1.82, 2.24) is 25.0 Å². The zero-order chi connectivity index (χ0) is 22.2. The van der Waals surface area contributed by atoms with Crippen LogP contribution in [0.5, 0.6) is 0 Å². The molecule has 0 atom stereocenters. The molecule has 1 aromatic heterocycles. The molecule has 1 aliphatic carbocycles. The fraction of sp³-hybridized carbons (Fsp3) is 0.400. The summed E-state index contributed by atoms with van der Waals surface area (Å²) in [6.07, 6.45) is 5.94. The van der Waals surface area contributed by atoms with E-state index < -0.39 is 0 Å². The minimum atomic E-state index is 0.705. The Morgan fingerprint density at radius 2 is 2.00 bits per heavy atom. The number of hydrogen-bond acceptors (Lipinski definition) is 4. The van der Waals surface area contributed by atoms with Gasteiger partial charge in [-0.15, -0.1) is 0 Å². The van der Waals surface area contributed by atoms with E-state index in [1.54, 1.807) is 12.7 Å². The fourth-order valence-corrected chi connectivity index (χ4v) is 3.65. The average molecular weight is 433 g/mol. The normalized spacial score (nSPS) is 13.9. The number of guanidine groups is 1. The number of nitrogens with one attached hydrogen (secondary N) is 1. The van der Waals surface area contributed by atoms with Gasteiger partial charge in [-0.2, -0.15) is 5.10 Å². The monoisotopic (exact) mass is 432 g/mol. The van der Waals surface area contributed by atoms with Crippen molar-refractivity contribution < 1.29 is 4.74 Å². The number of likely N-dealkylation sites (N-methyl/N-ethyl adjacent to an activating group) is 1. The summed E-state index contributed by atoms with van der Waals surface area (Å²) >= 11 is 0. The Kier molecular flexibility index (Phi) is 7.51. The van der Waals surface area contributed by atoms with Crippen molar-refractivity contribution in [3.63, 3.8) is 0 Å². The predicted molar refractivity (Wildman–Crippen MR) is 127 cm³/mol. The Labute approximate surface area is 190 Å². The summed E-state index contributed by atoms with van der Waals surface area (Å²) in [6.45, 7) is 3.87. The molecule has 168 valence electrons. The lowest BCUT2D eigenvalue weighted by Gasteiger charge is -2.22. The number of aromatic nitrogens is 3. The summed E-state index contributed by atoms with van der Waals surface area (Å²) in [5.41, 5.74) is 4.84. The largest absolute Gasteiger partial charge is 0.379 e. The number of rotatable bonds is 10. The van der Waals surface area contributed by atoms with E-state index in [4.69, 9.17) is 4.74 Å². The van der Waals surface area contributed by atoms with Crippen molar-refractivity contribution in [1.29, 1.82) is 0 Å². The Morgan fingerprint density at radius 3 is 2.72 bits per heavy atom. The second-order valence-electron chi connectivity index (χ2n) is 8.29. The van der Waals surface area contributed by atoms with Gasteiger partial charge in [-0.1, -0.05) is 48.5 Å². The fourth-order valence-electron chi connectivity index (χ4n) is 3.65. The van der Waals surface area contributed by atoms with E-state index in [2.05, 4.69) is 80.9 Å². The lowest BCUT2D eigenvalue weighted by Crippen LogP contribution is -2.40. The molecule has 7 nitrogen and oxygen atoms in total. The van der Waals surface area contributed by atoms with Crippen molar-refractivity contribution in [3.8, 4) is 11.1 Å². The molecule has 32 heavy (non-hydrogen) atoms. The highest BCUT2D eigenvalue weighted by atomic mass is 16.5. The van der Waals surface area contributed by atoms with Gasteiger partial charge in [-0.05, 0) is 41.0 Å². The number of hydrogen-bond donors (Lipinski definition) is 1. The first-order valence-corrected chi connectivity index (χ1v) is 11.2. The van der Waals surface area contributed by atoms with Crippen molar-refractivity contribution in [2.75, 3.05) is 33.9 Å². The average Bonchev–Trinajstić information content (AvgIpc) is 3.51. The van der Waals surface area contributed by atoms with E-state index in [9.17, 15) is 0 Å². The van der Waals surface area contributed by atoms with Crippen LogP contribution < -0.4 is 5.32 Å². The first-order valence-electron chi connectivity index (χ1n) is 11.2. The third kappa shape index (κ3) is 6.17. The van der Waals surface area contributed by atoms with Gasteiger partial charge in [0.25, 0.3) is 0 Å². The van der Waals surface area contributed by atoms with E-state index in [-0.39, 0.29) is 0 Å². The molecule has 1 fully saturated rings. The lowest BCUT2D eigenvalue weighted by atomic mass is 9.98. The number of nitrogens with zero attached hydrogens (tertiary/aromatic N) is 5. The summed E-state index contributed by atoms with van der Waals surface area (Å²) < 4.78 is 7.60. The van der Waals surface area contributed by atoms with Crippen molar-refractivity contribution in [2.24, 2.45) is 10.9 Å². The molecular formula is C25H32N6O. The minimum Gasteiger partial charge on any atom is -0.379 e. The Balaban J connectivity index is 1.35. The second kappa shape index (κ2) is 10.9. The maximum atomic E-state index is 5.77. The van der Waals surface area contributed by atoms with E-state index in [0.717, 1.165) is 38.2 Å². The first kappa shape index (κ1) is 22.0. The van der Waals surface area contributed by atoms with Gasteiger partial charge in [0.2, 0.25) is 0 Å². The molecule has 1 aliphatic rings. The van der Waals surface area contributed by atoms with Crippen LogP contribution in [0.1, 0.15) is 24.0 Å². The van der Waals surface area contributed by atoms with E-state index >= 15 is 0 Å². The molecule has 7 heteroatoms. The van der Waals surface area contributed by atoms with Gasteiger partial charge in [0, 0.05) is 33.8 Å². The summed E-state index contributed by atoms with van der Waals surface area (Å²) in [6, 6.07) is 17.1. The summed E-state index contributed by atoms with van der Waals surface area (Å²) in [7, 11) is 3.87. The van der Waals surface area contributed by atoms with Crippen LogP contribution in [0.25, 0.3) is 11.1 Å². The van der Waals surface area contributed by atoms with E-state index in [0.29, 0.717) is 6.54 Å². The summed E-state index contributed by atoms with van der Waals surface area (Å²) in [5, 5.41) is 7.68. The van der Waals surface area contributed by atoms with Gasteiger partial charge < -0.3 is 15.0 Å². The molecule has 0 saturated heterocycles. The van der Waals surface area contributed by atoms with Gasteiger partial charge in [-0.3, -0.25) is 4.99 Å². The number of ether oxygens (including phenoxy) is 1. The molecule has 0 spiro atoms. The van der Waals surface area contributed by atoms with Gasteiger partial charge in [0.05, 0.1) is 13.2 Å². The lowest BCUT2D eigenvalue weighted by molar-refractivity contribution is 0.115. The van der Waals surface area contributed by atoms with Crippen molar-refractivity contribution in [2.45, 2.75) is 25.9 Å². The van der Waals surface area contributed by atoms with Crippen LogP contribution in [-0.2, 0) is 17.8 Å². The predicted octanol–water partition coefficient (Wildman–Crippen LogP) is 3.43. The van der Waals surface area contributed by atoms with Gasteiger partial charge >= 0.3 is 0 Å². The van der Waals surface area contributed by atoms with Crippen LogP contribution in [0.15, 0.2) is 66.2 Å². The van der Waals surface area contributed by atoms with Crippen LogP contribution >= 0.6 is 0 Å². The molecule has 1 saturated carbocycles. The van der Waals surface area contributed by atoms with Crippen LogP contribution in [0.4, 0.5) is 0 Å². The molecule has 4 rings (SSSR count). The zero-order valence-electron chi connectivity index (χ0n) is 18.9. The highest BCUT2D eigenvalue weighted by Gasteiger charge is 2.21. The molecule has 0 amide bonds. The highest BCUT2D eigenvalue weighted by Crippen LogP contribution is 2.28. The van der Waals surface area contributed by atoms with Crippen LogP contribution in [0.2, 0.25) is 0 Å². The maximum absolute atomic E-state index is 5.77. The second-order valence-corrected chi connectivity index (χ2v) is 8.29. The molecule has 3 aromatic rings. The maximum Gasteiger partial charge on any atom is 0.193 e. The summed E-state index contributed by atoms with van der Waals surface area (Å²) in [5.74, 6) is 1.67. The summed E-state index contributed by atoms with van der Waals surface area (Å²) in [4.78, 5) is 10.6. The standard InChI is InChI=1S/C25H32N6O/c1-26-25(30(2)13-14-32-17-21-7-8-21)28-15-23-5-3-4-6-24(23)22-11-9-20(10-12-22)16-31-19-27-18-29-31/h3-6,9-12,18-19,21H,7-8,13-17H2,1-2H3,(H,26,28). The number of benzene rings is 2. The van der Waals surface area contributed by atoms with Gasteiger partial charge in [0.15, 0.2) is 5.96 Å².